The van der Waals surface area contributed by atoms with Gasteiger partial charge in [-0.15, -0.1) is 0 Å². The van der Waals surface area contributed by atoms with Crippen molar-refractivity contribution < 1.29 is 19.2 Å². The van der Waals surface area contributed by atoms with E-state index in [4.69, 9.17) is 0 Å². The Bertz CT molecular complexity index is 992. The standard InChI is InChI=1S/C20H21N5O4/c1-12-7-8-14(13(2)10-12)22-18(28)23-16(26)11-25-17(27)20(3,24-19(25)29)15-6-4-5-9-21-15/h4-10H,11H2,1-3H3,(H,24,29)(H2,22,23,26,28). The fourth-order valence-corrected chi connectivity index (χ4v) is 3.09. The van der Waals surface area contributed by atoms with Crippen LogP contribution in [0.1, 0.15) is 23.7 Å². The van der Waals surface area contributed by atoms with E-state index in [9.17, 15) is 19.2 Å². The van der Waals surface area contributed by atoms with Gasteiger partial charge in [-0.3, -0.25) is 24.8 Å². The van der Waals surface area contributed by atoms with E-state index in [-0.39, 0.29) is 0 Å². The number of amides is 6. The predicted molar refractivity (Wildman–Crippen MR) is 105 cm³/mol. The number of imide groups is 2. The summed E-state index contributed by atoms with van der Waals surface area (Å²) in [6, 6.07) is 8.96. The minimum Gasteiger partial charge on any atom is -0.318 e. The minimum atomic E-state index is -1.38. The summed E-state index contributed by atoms with van der Waals surface area (Å²) < 4.78 is 0. The number of benzene rings is 1. The van der Waals surface area contributed by atoms with Crippen molar-refractivity contribution in [2.24, 2.45) is 0 Å². The number of hydrogen-bond acceptors (Lipinski definition) is 5. The minimum absolute atomic E-state index is 0.355. The van der Waals surface area contributed by atoms with Gasteiger partial charge in [-0.2, -0.15) is 0 Å². The maximum absolute atomic E-state index is 12.7. The van der Waals surface area contributed by atoms with Crippen LogP contribution < -0.4 is 16.0 Å². The molecule has 0 saturated carbocycles. The number of anilines is 1. The fraction of sp³-hybridized carbons (Fsp3) is 0.250. The summed E-state index contributed by atoms with van der Waals surface area (Å²) in [5.41, 5.74) is 1.42. The molecule has 29 heavy (non-hydrogen) atoms. The first kappa shape index (κ1) is 20.0. The number of pyridine rings is 1. The van der Waals surface area contributed by atoms with Crippen molar-refractivity contribution in [1.82, 2.24) is 20.5 Å². The molecule has 1 fully saturated rings. The van der Waals surface area contributed by atoms with Gasteiger partial charge in [-0.25, -0.2) is 9.59 Å². The maximum atomic E-state index is 12.7. The van der Waals surface area contributed by atoms with Gasteiger partial charge in [0.2, 0.25) is 5.91 Å². The Morgan fingerprint density at radius 1 is 1.17 bits per heavy atom. The molecule has 9 nitrogen and oxygen atoms in total. The van der Waals surface area contributed by atoms with Gasteiger partial charge < -0.3 is 10.6 Å². The van der Waals surface area contributed by atoms with Gasteiger partial charge in [0.25, 0.3) is 5.91 Å². The van der Waals surface area contributed by atoms with E-state index in [1.165, 1.54) is 13.1 Å². The molecule has 150 valence electrons. The Labute approximate surface area is 167 Å². The first-order chi connectivity index (χ1) is 13.7. The zero-order valence-corrected chi connectivity index (χ0v) is 16.3. The highest BCUT2D eigenvalue weighted by Gasteiger charge is 2.50. The quantitative estimate of drug-likeness (QED) is 0.682. The van der Waals surface area contributed by atoms with Crippen molar-refractivity contribution in [2.45, 2.75) is 26.3 Å². The van der Waals surface area contributed by atoms with E-state index in [0.29, 0.717) is 11.4 Å². The van der Waals surface area contributed by atoms with Crippen LogP contribution in [0.25, 0.3) is 0 Å². The van der Waals surface area contributed by atoms with Crippen molar-refractivity contribution in [3.8, 4) is 0 Å². The molecule has 2 aromatic rings. The Hall–Kier alpha value is -3.75. The average Bonchev–Trinajstić information content (AvgIpc) is 2.89. The van der Waals surface area contributed by atoms with Crippen molar-refractivity contribution in [1.29, 1.82) is 0 Å². The highest BCUT2D eigenvalue weighted by Crippen LogP contribution is 2.26. The van der Waals surface area contributed by atoms with Gasteiger partial charge in [0.1, 0.15) is 6.54 Å². The number of nitrogens with zero attached hydrogens (tertiary/aromatic N) is 2. The largest absolute Gasteiger partial charge is 0.325 e. The number of carbonyl (C=O) groups is 4. The lowest BCUT2D eigenvalue weighted by molar-refractivity contribution is -0.134. The first-order valence-electron chi connectivity index (χ1n) is 8.94. The molecule has 3 N–H and O–H groups in total. The fourth-order valence-electron chi connectivity index (χ4n) is 3.09. The second-order valence-electron chi connectivity index (χ2n) is 6.98. The van der Waals surface area contributed by atoms with Crippen molar-refractivity contribution in [3.63, 3.8) is 0 Å². The van der Waals surface area contributed by atoms with Crippen LogP contribution in [0.5, 0.6) is 0 Å². The van der Waals surface area contributed by atoms with Crippen LogP contribution in [0.2, 0.25) is 0 Å². The van der Waals surface area contributed by atoms with E-state index in [2.05, 4.69) is 20.9 Å². The van der Waals surface area contributed by atoms with E-state index in [0.717, 1.165) is 16.0 Å². The van der Waals surface area contributed by atoms with E-state index in [1.54, 1.807) is 24.3 Å². The lowest BCUT2D eigenvalue weighted by Crippen LogP contribution is -2.45. The van der Waals surface area contributed by atoms with E-state index >= 15 is 0 Å². The summed E-state index contributed by atoms with van der Waals surface area (Å²) in [5.74, 6) is -1.41. The van der Waals surface area contributed by atoms with Crippen molar-refractivity contribution in [3.05, 3.63) is 59.4 Å². The summed E-state index contributed by atoms with van der Waals surface area (Å²) in [6.07, 6.45) is 1.51. The number of rotatable bonds is 4. The third-order valence-electron chi connectivity index (χ3n) is 4.64. The maximum Gasteiger partial charge on any atom is 0.325 e. The molecule has 1 aliphatic rings. The smallest absolute Gasteiger partial charge is 0.318 e. The third-order valence-corrected chi connectivity index (χ3v) is 4.64. The van der Waals surface area contributed by atoms with Crippen LogP contribution in [0, 0.1) is 13.8 Å². The highest BCUT2D eigenvalue weighted by atomic mass is 16.2. The Kier molecular flexibility index (Phi) is 5.31. The van der Waals surface area contributed by atoms with Gasteiger partial charge in [-0.05, 0) is 44.5 Å². The number of carbonyl (C=O) groups excluding carboxylic acids is 4. The molecule has 0 radical (unpaired) electrons. The Balaban J connectivity index is 1.63. The Morgan fingerprint density at radius 2 is 1.93 bits per heavy atom. The van der Waals surface area contributed by atoms with Crippen LogP contribution >= 0.6 is 0 Å². The first-order valence-corrected chi connectivity index (χ1v) is 8.94. The van der Waals surface area contributed by atoms with Gasteiger partial charge >= 0.3 is 12.1 Å². The molecule has 1 aromatic carbocycles. The molecular weight excluding hydrogens is 374 g/mol. The molecule has 0 bridgehead atoms. The summed E-state index contributed by atoms with van der Waals surface area (Å²) in [7, 11) is 0. The lowest BCUT2D eigenvalue weighted by atomic mass is 9.97. The average molecular weight is 395 g/mol. The van der Waals surface area contributed by atoms with Gasteiger partial charge in [0.05, 0.1) is 5.69 Å². The van der Waals surface area contributed by atoms with Gasteiger partial charge in [0.15, 0.2) is 5.54 Å². The molecule has 0 spiro atoms. The monoisotopic (exact) mass is 395 g/mol. The molecule has 1 atom stereocenters. The van der Waals surface area contributed by atoms with Gasteiger partial charge in [0, 0.05) is 11.9 Å². The number of aromatic nitrogens is 1. The van der Waals surface area contributed by atoms with Crippen LogP contribution in [-0.2, 0) is 15.1 Å². The molecule has 0 aliphatic carbocycles. The zero-order valence-electron chi connectivity index (χ0n) is 16.3. The van der Waals surface area contributed by atoms with Crippen molar-refractivity contribution >= 4 is 29.6 Å². The second kappa shape index (κ2) is 7.70. The predicted octanol–water partition coefficient (Wildman–Crippen LogP) is 1.81. The summed E-state index contributed by atoms with van der Waals surface area (Å²) in [6.45, 7) is 4.68. The molecule has 3 rings (SSSR count). The SMILES string of the molecule is Cc1ccc(NC(=O)NC(=O)CN2C(=O)NC(C)(c3ccccn3)C2=O)c(C)c1. The van der Waals surface area contributed by atoms with Crippen LogP contribution in [0.4, 0.5) is 15.3 Å². The molecule has 6 amide bonds. The number of aryl methyl sites for hydroxylation is 2. The zero-order chi connectivity index (χ0) is 21.2. The number of nitrogens with one attached hydrogen (secondary N) is 3. The Morgan fingerprint density at radius 3 is 2.59 bits per heavy atom. The van der Waals surface area contributed by atoms with Gasteiger partial charge in [-0.1, -0.05) is 23.8 Å². The topological polar surface area (TPSA) is 120 Å². The van der Waals surface area contributed by atoms with E-state index in [1.807, 2.05) is 26.0 Å². The normalized spacial score (nSPS) is 18.4. The molecule has 1 saturated heterocycles. The van der Waals surface area contributed by atoms with E-state index < -0.39 is 36.0 Å². The molecule has 1 aromatic heterocycles. The second-order valence-corrected chi connectivity index (χ2v) is 6.98. The molecule has 1 unspecified atom stereocenters. The van der Waals surface area contributed by atoms with Crippen molar-refractivity contribution in [2.75, 3.05) is 11.9 Å². The summed E-state index contributed by atoms with van der Waals surface area (Å²) in [4.78, 5) is 54.2. The number of hydrogen-bond donors (Lipinski definition) is 3. The summed E-state index contributed by atoms with van der Waals surface area (Å²) >= 11 is 0. The number of urea groups is 2. The summed E-state index contributed by atoms with van der Waals surface area (Å²) in [5, 5.41) is 7.25. The lowest BCUT2D eigenvalue weighted by Gasteiger charge is -2.20. The third kappa shape index (κ3) is 4.08. The highest BCUT2D eigenvalue weighted by molar-refractivity contribution is 6.10. The molecular formula is C20H21N5O4. The molecule has 2 heterocycles. The van der Waals surface area contributed by atoms with Crippen LogP contribution in [0.3, 0.4) is 0 Å². The van der Waals surface area contributed by atoms with Crippen LogP contribution in [-0.4, -0.2) is 40.3 Å². The molecule has 1 aliphatic heterocycles. The van der Waals surface area contributed by atoms with Crippen LogP contribution in [0.15, 0.2) is 42.6 Å². The molecule has 9 heteroatoms.